The molecule has 1 aromatic rings. The molecule has 1 aliphatic rings. The van der Waals surface area contributed by atoms with Gasteiger partial charge in [0, 0.05) is 10.8 Å². The largest absolute Gasteiger partial charge is 0.422 e. The second-order valence-corrected chi connectivity index (χ2v) is 4.46. The summed E-state index contributed by atoms with van der Waals surface area (Å²) in [7, 11) is 0. The van der Waals surface area contributed by atoms with Crippen LogP contribution in [0, 0.1) is 5.92 Å². The first-order valence-electron chi connectivity index (χ1n) is 4.29. The van der Waals surface area contributed by atoms with Crippen molar-refractivity contribution in [1.82, 2.24) is 0 Å². The summed E-state index contributed by atoms with van der Waals surface area (Å²) in [5, 5.41) is 11.3. The number of alkyl halides is 3. The van der Waals surface area contributed by atoms with Gasteiger partial charge in [0.2, 0.25) is 0 Å². The van der Waals surface area contributed by atoms with E-state index < -0.39 is 17.7 Å². The van der Waals surface area contributed by atoms with Crippen molar-refractivity contribution < 1.29 is 18.3 Å². The van der Waals surface area contributed by atoms with E-state index in [-0.39, 0.29) is 4.88 Å². The Balaban J connectivity index is 2.41. The Morgan fingerprint density at radius 1 is 1.36 bits per heavy atom. The minimum atomic E-state index is -4.57. The van der Waals surface area contributed by atoms with Crippen LogP contribution in [0.1, 0.15) is 17.7 Å². The molecular formula is C9H9F3OS. The van der Waals surface area contributed by atoms with Crippen LogP contribution in [0.25, 0.3) is 0 Å². The van der Waals surface area contributed by atoms with Gasteiger partial charge in [-0.25, -0.2) is 0 Å². The van der Waals surface area contributed by atoms with Crippen LogP contribution in [-0.2, 0) is 5.60 Å². The van der Waals surface area contributed by atoms with Crippen molar-refractivity contribution in [3.05, 3.63) is 22.4 Å². The first kappa shape index (κ1) is 9.98. The van der Waals surface area contributed by atoms with Gasteiger partial charge in [0.05, 0.1) is 0 Å². The molecule has 1 aromatic heterocycles. The lowest BCUT2D eigenvalue weighted by molar-refractivity contribution is -0.274. The maximum absolute atomic E-state index is 12.7. The fourth-order valence-corrected chi connectivity index (χ4v) is 2.49. The highest BCUT2D eigenvalue weighted by molar-refractivity contribution is 7.10. The van der Waals surface area contributed by atoms with E-state index >= 15 is 0 Å². The number of aliphatic hydroxyl groups is 1. The highest BCUT2D eigenvalue weighted by Crippen LogP contribution is 2.55. The third-order valence-electron chi connectivity index (χ3n) is 2.50. The third-order valence-corrected chi connectivity index (χ3v) is 3.49. The summed E-state index contributed by atoms with van der Waals surface area (Å²) in [5.41, 5.74) is -2.61. The van der Waals surface area contributed by atoms with Gasteiger partial charge in [0.1, 0.15) is 0 Å². The lowest BCUT2D eigenvalue weighted by Gasteiger charge is -2.29. The molecule has 1 unspecified atom stereocenters. The molecule has 1 heterocycles. The molecule has 1 fully saturated rings. The molecule has 0 bridgehead atoms. The number of thiophene rings is 1. The van der Waals surface area contributed by atoms with E-state index in [9.17, 15) is 18.3 Å². The molecule has 0 aromatic carbocycles. The smallest absolute Gasteiger partial charge is 0.375 e. The SMILES string of the molecule is OC(c1cccs1)(C1CC1)C(F)(F)F. The van der Waals surface area contributed by atoms with Crippen LogP contribution in [0.5, 0.6) is 0 Å². The Bertz CT molecular complexity index is 315. The molecule has 0 radical (unpaired) electrons. The predicted octanol–water partition coefficient (Wildman–Crippen LogP) is 2.91. The van der Waals surface area contributed by atoms with Gasteiger partial charge in [0.25, 0.3) is 0 Å². The van der Waals surface area contributed by atoms with E-state index in [1.807, 2.05) is 0 Å². The van der Waals surface area contributed by atoms with Gasteiger partial charge in [-0.1, -0.05) is 6.07 Å². The lowest BCUT2D eigenvalue weighted by Crippen LogP contribution is -2.43. The molecule has 2 rings (SSSR count). The Morgan fingerprint density at radius 3 is 2.36 bits per heavy atom. The molecule has 0 aliphatic heterocycles. The summed E-state index contributed by atoms with van der Waals surface area (Å²) >= 11 is 0.955. The maximum Gasteiger partial charge on any atom is 0.422 e. The van der Waals surface area contributed by atoms with Crippen LogP contribution in [-0.4, -0.2) is 11.3 Å². The van der Waals surface area contributed by atoms with Crippen LogP contribution in [0.4, 0.5) is 13.2 Å². The van der Waals surface area contributed by atoms with Gasteiger partial charge in [0.15, 0.2) is 5.60 Å². The Kier molecular flexibility index (Phi) is 2.12. The molecule has 0 saturated heterocycles. The monoisotopic (exact) mass is 222 g/mol. The molecule has 1 nitrogen and oxygen atoms in total. The molecule has 0 spiro atoms. The summed E-state index contributed by atoms with van der Waals surface area (Å²) in [5.74, 6) is -0.652. The van der Waals surface area contributed by atoms with Crippen molar-refractivity contribution in [1.29, 1.82) is 0 Å². The minimum absolute atomic E-state index is 0.00694. The predicted molar refractivity (Wildman–Crippen MR) is 47.0 cm³/mol. The number of hydrogen-bond acceptors (Lipinski definition) is 2. The van der Waals surface area contributed by atoms with Gasteiger partial charge in [-0.05, 0) is 24.3 Å². The van der Waals surface area contributed by atoms with Crippen LogP contribution in [0.15, 0.2) is 17.5 Å². The van der Waals surface area contributed by atoms with Gasteiger partial charge in [-0.2, -0.15) is 13.2 Å². The van der Waals surface area contributed by atoms with E-state index in [4.69, 9.17) is 0 Å². The summed E-state index contributed by atoms with van der Waals surface area (Å²) < 4.78 is 38.1. The normalized spacial score (nSPS) is 22.0. The van der Waals surface area contributed by atoms with Crippen molar-refractivity contribution in [2.45, 2.75) is 24.6 Å². The van der Waals surface area contributed by atoms with Gasteiger partial charge < -0.3 is 5.11 Å². The van der Waals surface area contributed by atoms with Crippen molar-refractivity contribution in [3.8, 4) is 0 Å². The summed E-state index contributed by atoms with van der Waals surface area (Å²) in [4.78, 5) is 0.00694. The number of rotatable bonds is 2. The second-order valence-electron chi connectivity index (χ2n) is 3.52. The van der Waals surface area contributed by atoms with E-state index in [1.54, 1.807) is 5.38 Å². The van der Waals surface area contributed by atoms with Crippen molar-refractivity contribution >= 4 is 11.3 Å². The molecule has 1 atom stereocenters. The summed E-state index contributed by atoms with van der Waals surface area (Å²) in [6, 6.07) is 2.87. The van der Waals surface area contributed by atoms with E-state index in [1.165, 1.54) is 12.1 Å². The summed E-state index contributed by atoms with van der Waals surface area (Å²) in [6.07, 6.45) is -3.67. The van der Waals surface area contributed by atoms with Crippen molar-refractivity contribution in [2.75, 3.05) is 0 Å². The molecule has 0 amide bonds. The van der Waals surface area contributed by atoms with Crippen molar-refractivity contribution in [3.63, 3.8) is 0 Å². The third kappa shape index (κ3) is 1.35. The maximum atomic E-state index is 12.7. The molecular weight excluding hydrogens is 213 g/mol. The Morgan fingerprint density at radius 2 is 2.00 bits per heavy atom. The molecule has 5 heteroatoms. The lowest BCUT2D eigenvalue weighted by atomic mass is 9.95. The van der Waals surface area contributed by atoms with Crippen molar-refractivity contribution in [2.24, 2.45) is 5.92 Å². The van der Waals surface area contributed by atoms with Gasteiger partial charge >= 0.3 is 6.18 Å². The fraction of sp³-hybridized carbons (Fsp3) is 0.556. The van der Waals surface area contributed by atoms with Gasteiger partial charge in [-0.3, -0.25) is 0 Å². The van der Waals surface area contributed by atoms with Crippen LogP contribution >= 0.6 is 11.3 Å². The Labute approximate surface area is 83.2 Å². The van der Waals surface area contributed by atoms with E-state index in [0.717, 1.165) is 11.3 Å². The highest BCUT2D eigenvalue weighted by atomic mass is 32.1. The molecule has 78 valence electrons. The van der Waals surface area contributed by atoms with Crippen LogP contribution in [0.3, 0.4) is 0 Å². The minimum Gasteiger partial charge on any atom is -0.375 e. The fourth-order valence-electron chi connectivity index (χ4n) is 1.57. The second kappa shape index (κ2) is 2.97. The highest BCUT2D eigenvalue weighted by Gasteiger charge is 2.63. The zero-order valence-corrected chi connectivity index (χ0v) is 8.03. The zero-order valence-electron chi connectivity index (χ0n) is 7.21. The topological polar surface area (TPSA) is 20.2 Å². The first-order chi connectivity index (χ1) is 6.46. The first-order valence-corrected chi connectivity index (χ1v) is 5.17. The van der Waals surface area contributed by atoms with E-state index in [2.05, 4.69) is 0 Å². The Hall–Kier alpha value is -0.550. The molecule has 1 aliphatic carbocycles. The van der Waals surface area contributed by atoms with Crippen LogP contribution < -0.4 is 0 Å². The average molecular weight is 222 g/mol. The van der Waals surface area contributed by atoms with Gasteiger partial charge in [-0.15, -0.1) is 11.3 Å². The quantitative estimate of drug-likeness (QED) is 0.815. The standard InChI is InChI=1S/C9H9F3OS/c10-9(11,12)8(13,6-3-4-6)7-2-1-5-14-7/h1-2,5-6,13H,3-4H2. The van der Waals surface area contributed by atoms with Crippen LogP contribution in [0.2, 0.25) is 0 Å². The van der Waals surface area contributed by atoms with E-state index in [0.29, 0.717) is 12.8 Å². The molecule has 1 saturated carbocycles. The number of halogens is 3. The zero-order chi connectivity index (χ0) is 10.4. The number of hydrogen-bond donors (Lipinski definition) is 1. The molecule has 1 N–H and O–H groups in total. The average Bonchev–Trinajstić information content (AvgIpc) is 2.78. The summed E-state index contributed by atoms with van der Waals surface area (Å²) in [6.45, 7) is 0. The molecule has 14 heavy (non-hydrogen) atoms.